The molecule has 0 bridgehead atoms. The molecule has 1 aromatic carbocycles. The Morgan fingerprint density at radius 2 is 2.14 bits per heavy atom. The van der Waals surface area contributed by atoms with Gasteiger partial charge in [-0.15, -0.1) is 0 Å². The molecule has 0 atom stereocenters. The topological polar surface area (TPSA) is 41.5 Å². The molecule has 0 fully saturated rings. The third-order valence-corrected chi connectivity index (χ3v) is 1.85. The van der Waals surface area contributed by atoms with Crippen molar-refractivity contribution in [3.63, 3.8) is 0 Å². The Morgan fingerprint density at radius 3 is 2.71 bits per heavy atom. The number of carbonyl (C=O) groups is 1. The van der Waals surface area contributed by atoms with E-state index in [1.807, 2.05) is 30.3 Å². The van der Waals surface area contributed by atoms with Gasteiger partial charge in [-0.2, -0.15) is 5.10 Å². The van der Waals surface area contributed by atoms with Gasteiger partial charge in [0.05, 0.1) is 5.71 Å². The average Bonchev–Trinajstić information content (AvgIpc) is 2.25. The van der Waals surface area contributed by atoms with Crippen LogP contribution in [0.15, 0.2) is 35.4 Å². The van der Waals surface area contributed by atoms with Gasteiger partial charge >= 0.3 is 0 Å². The van der Waals surface area contributed by atoms with Crippen molar-refractivity contribution in [1.29, 1.82) is 0 Å². The summed E-state index contributed by atoms with van der Waals surface area (Å²) in [5.41, 5.74) is 4.31. The third-order valence-electron chi connectivity index (χ3n) is 1.85. The highest BCUT2D eigenvalue weighted by Crippen LogP contribution is 2.05. The van der Waals surface area contributed by atoms with Gasteiger partial charge in [0.1, 0.15) is 0 Å². The Hall–Kier alpha value is -1.64. The summed E-state index contributed by atoms with van der Waals surface area (Å²) in [6.45, 7) is 2.08. The highest BCUT2D eigenvalue weighted by atomic mass is 16.1. The quantitative estimate of drug-likeness (QED) is 0.430. The molecule has 1 amide bonds. The normalized spacial score (nSPS) is 11.1. The molecule has 0 radical (unpaired) electrons. The third kappa shape index (κ3) is 3.01. The van der Waals surface area contributed by atoms with Crippen molar-refractivity contribution in [1.82, 2.24) is 5.43 Å². The van der Waals surface area contributed by atoms with E-state index in [0.29, 0.717) is 6.41 Å². The van der Waals surface area contributed by atoms with Crippen molar-refractivity contribution in [2.75, 3.05) is 0 Å². The SMILES string of the molecule is CCC/C(=N\NC=O)c1ccccc1. The number of hydrogen-bond acceptors (Lipinski definition) is 2. The molecule has 1 rings (SSSR count). The zero-order chi connectivity index (χ0) is 10.2. The summed E-state index contributed by atoms with van der Waals surface area (Å²) >= 11 is 0. The van der Waals surface area contributed by atoms with Gasteiger partial charge in [0, 0.05) is 0 Å². The summed E-state index contributed by atoms with van der Waals surface area (Å²) in [5, 5.41) is 4.00. The van der Waals surface area contributed by atoms with Gasteiger partial charge in [0.25, 0.3) is 0 Å². The first kappa shape index (κ1) is 10.4. The number of rotatable bonds is 5. The molecule has 0 aliphatic heterocycles. The second-order valence-corrected chi connectivity index (χ2v) is 2.92. The number of hydrazone groups is 1. The van der Waals surface area contributed by atoms with Crippen LogP contribution in [0.4, 0.5) is 0 Å². The molecule has 0 heterocycles. The lowest BCUT2D eigenvalue weighted by Crippen LogP contribution is -2.09. The molecule has 0 aliphatic carbocycles. The van der Waals surface area contributed by atoms with E-state index in [2.05, 4.69) is 17.5 Å². The van der Waals surface area contributed by atoms with E-state index in [4.69, 9.17) is 0 Å². The first-order valence-electron chi connectivity index (χ1n) is 4.69. The molecule has 3 nitrogen and oxygen atoms in total. The van der Waals surface area contributed by atoms with Gasteiger partial charge in [-0.3, -0.25) is 4.79 Å². The summed E-state index contributed by atoms with van der Waals surface area (Å²) in [5.74, 6) is 0. The molecule has 0 saturated carbocycles. The lowest BCUT2D eigenvalue weighted by atomic mass is 10.1. The lowest BCUT2D eigenvalue weighted by molar-refractivity contribution is -0.109. The van der Waals surface area contributed by atoms with Crippen LogP contribution >= 0.6 is 0 Å². The van der Waals surface area contributed by atoms with Crippen LogP contribution in [0.3, 0.4) is 0 Å². The maximum Gasteiger partial charge on any atom is 0.227 e. The highest BCUT2D eigenvalue weighted by Gasteiger charge is 2.00. The number of carbonyl (C=O) groups excluding carboxylic acids is 1. The van der Waals surface area contributed by atoms with Crippen LogP contribution in [-0.4, -0.2) is 12.1 Å². The van der Waals surface area contributed by atoms with Crippen LogP contribution < -0.4 is 5.43 Å². The molecule has 74 valence electrons. The van der Waals surface area contributed by atoms with E-state index in [1.54, 1.807) is 0 Å². The summed E-state index contributed by atoms with van der Waals surface area (Å²) < 4.78 is 0. The van der Waals surface area contributed by atoms with Crippen molar-refractivity contribution >= 4 is 12.1 Å². The summed E-state index contributed by atoms with van der Waals surface area (Å²) in [4.78, 5) is 10.1. The minimum atomic E-state index is 0.582. The Labute approximate surface area is 83.8 Å². The molecule has 3 heteroatoms. The van der Waals surface area contributed by atoms with Crippen LogP contribution in [-0.2, 0) is 4.79 Å². The highest BCUT2D eigenvalue weighted by molar-refractivity contribution is 6.00. The number of nitrogens with zero attached hydrogens (tertiary/aromatic N) is 1. The minimum Gasteiger partial charge on any atom is -0.277 e. The van der Waals surface area contributed by atoms with Crippen LogP contribution in [0.2, 0.25) is 0 Å². The van der Waals surface area contributed by atoms with Gasteiger partial charge in [0.2, 0.25) is 6.41 Å². The smallest absolute Gasteiger partial charge is 0.227 e. The zero-order valence-corrected chi connectivity index (χ0v) is 8.23. The Morgan fingerprint density at radius 1 is 1.43 bits per heavy atom. The molecule has 1 aromatic rings. The van der Waals surface area contributed by atoms with Crippen molar-refractivity contribution in [2.24, 2.45) is 5.10 Å². The predicted octanol–water partition coefficient (Wildman–Crippen LogP) is 1.94. The maximum absolute atomic E-state index is 10.1. The molecule has 0 unspecified atom stereocenters. The van der Waals surface area contributed by atoms with Crippen LogP contribution in [0.25, 0.3) is 0 Å². The second kappa shape index (κ2) is 5.91. The van der Waals surface area contributed by atoms with Gasteiger partial charge in [-0.05, 0) is 12.0 Å². The van der Waals surface area contributed by atoms with Crippen LogP contribution in [0, 0.1) is 0 Å². The van der Waals surface area contributed by atoms with Crippen LogP contribution in [0.1, 0.15) is 25.3 Å². The van der Waals surface area contributed by atoms with Crippen molar-refractivity contribution in [3.05, 3.63) is 35.9 Å². The van der Waals surface area contributed by atoms with Gasteiger partial charge < -0.3 is 0 Å². The first-order valence-corrected chi connectivity index (χ1v) is 4.69. The lowest BCUT2D eigenvalue weighted by Gasteiger charge is -2.03. The van der Waals surface area contributed by atoms with Crippen molar-refractivity contribution < 1.29 is 4.79 Å². The second-order valence-electron chi connectivity index (χ2n) is 2.92. The maximum atomic E-state index is 10.1. The summed E-state index contributed by atoms with van der Waals surface area (Å²) in [6.07, 6.45) is 2.46. The Balaban J connectivity index is 2.82. The molecular weight excluding hydrogens is 176 g/mol. The molecule has 0 saturated heterocycles. The summed E-state index contributed by atoms with van der Waals surface area (Å²) in [6, 6.07) is 9.85. The Bertz CT molecular complexity index is 306. The van der Waals surface area contributed by atoms with Gasteiger partial charge in [-0.25, -0.2) is 5.43 Å². The fourth-order valence-electron chi connectivity index (χ4n) is 1.24. The van der Waals surface area contributed by atoms with Crippen molar-refractivity contribution in [2.45, 2.75) is 19.8 Å². The van der Waals surface area contributed by atoms with E-state index in [9.17, 15) is 4.79 Å². The van der Waals surface area contributed by atoms with E-state index < -0.39 is 0 Å². The van der Waals surface area contributed by atoms with Gasteiger partial charge in [0.15, 0.2) is 0 Å². The standard InChI is InChI=1S/C11H14N2O/c1-2-6-11(13-12-9-14)10-7-4-3-5-8-10/h3-5,7-9H,2,6H2,1H3,(H,12,14)/b13-11+. The van der Waals surface area contributed by atoms with E-state index in [1.165, 1.54) is 0 Å². The molecular formula is C11H14N2O. The predicted molar refractivity (Wildman–Crippen MR) is 57.1 cm³/mol. The number of amides is 1. The summed E-state index contributed by atoms with van der Waals surface area (Å²) in [7, 11) is 0. The monoisotopic (exact) mass is 190 g/mol. The molecule has 0 aromatic heterocycles. The zero-order valence-electron chi connectivity index (χ0n) is 8.23. The van der Waals surface area contributed by atoms with Gasteiger partial charge in [-0.1, -0.05) is 43.7 Å². The van der Waals surface area contributed by atoms with E-state index >= 15 is 0 Å². The average molecular weight is 190 g/mol. The molecule has 0 spiro atoms. The minimum absolute atomic E-state index is 0.582. The van der Waals surface area contributed by atoms with Crippen molar-refractivity contribution in [3.8, 4) is 0 Å². The fraction of sp³-hybridized carbons (Fsp3) is 0.273. The number of hydrogen-bond donors (Lipinski definition) is 1. The largest absolute Gasteiger partial charge is 0.277 e. The first-order chi connectivity index (χ1) is 6.88. The van der Waals surface area contributed by atoms with E-state index in [0.717, 1.165) is 24.1 Å². The Kier molecular flexibility index (Phi) is 4.41. The number of benzene rings is 1. The van der Waals surface area contributed by atoms with E-state index in [-0.39, 0.29) is 0 Å². The molecule has 0 aliphatic rings. The molecule has 1 N–H and O–H groups in total. The fourth-order valence-corrected chi connectivity index (χ4v) is 1.24. The molecule has 14 heavy (non-hydrogen) atoms. The number of nitrogens with one attached hydrogen (secondary N) is 1. The van der Waals surface area contributed by atoms with Crippen LogP contribution in [0.5, 0.6) is 0 Å².